The number of anilines is 2. The average Bonchev–Trinajstić information content (AvgIpc) is 2.84. The summed E-state index contributed by atoms with van der Waals surface area (Å²) in [5.74, 6) is -0.00735. The van der Waals surface area contributed by atoms with Crippen molar-refractivity contribution in [2.24, 2.45) is 0 Å². The molecule has 0 saturated carbocycles. The molecule has 1 unspecified atom stereocenters. The van der Waals surface area contributed by atoms with Gasteiger partial charge in [0.2, 0.25) is 0 Å². The van der Waals surface area contributed by atoms with E-state index < -0.39 is 0 Å². The van der Waals surface area contributed by atoms with E-state index in [1.54, 1.807) is 17.4 Å². The molecule has 0 aliphatic carbocycles. The number of hydrogen-bond acceptors (Lipinski definition) is 4. The van der Waals surface area contributed by atoms with Crippen LogP contribution in [-0.2, 0) is 6.42 Å². The van der Waals surface area contributed by atoms with Crippen LogP contribution in [0.1, 0.15) is 29.1 Å². The van der Waals surface area contributed by atoms with Gasteiger partial charge in [0.25, 0.3) is 0 Å². The Kier molecular flexibility index (Phi) is 4.22. The van der Waals surface area contributed by atoms with Gasteiger partial charge in [-0.3, -0.25) is 4.79 Å². The van der Waals surface area contributed by atoms with E-state index in [2.05, 4.69) is 29.8 Å². The third-order valence-corrected chi connectivity index (χ3v) is 3.83. The summed E-state index contributed by atoms with van der Waals surface area (Å²) in [7, 11) is 0. The minimum atomic E-state index is -0.00735. The molecule has 3 N–H and O–H groups in total. The van der Waals surface area contributed by atoms with Crippen LogP contribution in [0.2, 0.25) is 0 Å². The summed E-state index contributed by atoms with van der Waals surface area (Å²) in [6, 6.07) is 10.0. The number of nitrogen functional groups attached to an aromatic ring is 1. The molecule has 2 aromatic rings. The standard InChI is InChI=1S/C15H18N2OS/c1-10(8-13-4-3-7-19-13)17-12-5-6-15(16)14(9-12)11(2)18/h3-7,9-10,17H,8,16H2,1-2H3. The lowest BCUT2D eigenvalue weighted by atomic mass is 10.1. The number of benzene rings is 1. The predicted molar refractivity (Wildman–Crippen MR) is 82.0 cm³/mol. The number of thiophene rings is 1. The number of rotatable bonds is 5. The van der Waals surface area contributed by atoms with Crippen molar-refractivity contribution >= 4 is 28.5 Å². The van der Waals surface area contributed by atoms with Crippen molar-refractivity contribution in [3.8, 4) is 0 Å². The highest BCUT2D eigenvalue weighted by Crippen LogP contribution is 2.20. The van der Waals surface area contributed by atoms with Gasteiger partial charge in [-0.1, -0.05) is 6.07 Å². The smallest absolute Gasteiger partial charge is 0.161 e. The van der Waals surface area contributed by atoms with E-state index in [1.165, 1.54) is 11.8 Å². The minimum Gasteiger partial charge on any atom is -0.398 e. The molecule has 1 aromatic carbocycles. The van der Waals surface area contributed by atoms with Crippen molar-refractivity contribution in [2.45, 2.75) is 26.3 Å². The van der Waals surface area contributed by atoms with E-state index in [-0.39, 0.29) is 5.78 Å². The first-order chi connectivity index (χ1) is 9.06. The van der Waals surface area contributed by atoms with Crippen molar-refractivity contribution in [2.75, 3.05) is 11.1 Å². The summed E-state index contributed by atoms with van der Waals surface area (Å²) >= 11 is 1.76. The summed E-state index contributed by atoms with van der Waals surface area (Å²) in [5.41, 5.74) is 7.83. The Hall–Kier alpha value is -1.81. The Morgan fingerprint density at radius 3 is 2.84 bits per heavy atom. The lowest BCUT2D eigenvalue weighted by molar-refractivity contribution is 0.101. The van der Waals surface area contributed by atoms with Gasteiger partial charge in [-0.05, 0) is 43.5 Å². The van der Waals surface area contributed by atoms with Gasteiger partial charge in [0.05, 0.1) is 0 Å². The summed E-state index contributed by atoms with van der Waals surface area (Å²) < 4.78 is 0. The third kappa shape index (κ3) is 3.58. The zero-order chi connectivity index (χ0) is 13.8. The topological polar surface area (TPSA) is 55.1 Å². The molecule has 100 valence electrons. The molecule has 1 heterocycles. The molecule has 0 radical (unpaired) electrons. The fourth-order valence-electron chi connectivity index (χ4n) is 2.02. The Morgan fingerprint density at radius 1 is 1.42 bits per heavy atom. The zero-order valence-corrected chi connectivity index (χ0v) is 12.0. The van der Waals surface area contributed by atoms with Gasteiger partial charge in [0.15, 0.2) is 5.78 Å². The Morgan fingerprint density at radius 2 is 2.21 bits per heavy atom. The lowest BCUT2D eigenvalue weighted by Gasteiger charge is -2.15. The van der Waals surface area contributed by atoms with Crippen molar-refractivity contribution < 1.29 is 4.79 Å². The summed E-state index contributed by atoms with van der Waals surface area (Å²) in [6.45, 7) is 3.66. The number of nitrogens with one attached hydrogen (secondary N) is 1. The molecule has 0 aliphatic heterocycles. The Balaban J connectivity index is 2.06. The number of Topliss-reactive ketones (excluding diaryl/α,β-unsaturated/α-hetero) is 1. The number of carbonyl (C=O) groups excluding carboxylic acids is 1. The molecule has 0 aliphatic rings. The molecule has 0 amide bonds. The van der Waals surface area contributed by atoms with Crippen LogP contribution in [0.3, 0.4) is 0 Å². The summed E-state index contributed by atoms with van der Waals surface area (Å²) in [6.07, 6.45) is 0.970. The monoisotopic (exact) mass is 274 g/mol. The van der Waals surface area contributed by atoms with Crippen LogP contribution in [0.5, 0.6) is 0 Å². The van der Waals surface area contributed by atoms with E-state index in [9.17, 15) is 4.79 Å². The van der Waals surface area contributed by atoms with E-state index >= 15 is 0 Å². The van der Waals surface area contributed by atoms with Crippen LogP contribution in [0.15, 0.2) is 35.7 Å². The van der Waals surface area contributed by atoms with E-state index in [0.717, 1.165) is 12.1 Å². The molecule has 0 saturated heterocycles. The molecule has 1 atom stereocenters. The molecule has 0 bridgehead atoms. The molecular weight excluding hydrogens is 256 g/mol. The fraction of sp³-hybridized carbons (Fsp3) is 0.267. The molecule has 2 rings (SSSR count). The highest BCUT2D eigenvalue weighted by Gasteiger charge is 2.08. The second-order valence-electron chi connectivity index (χ2n) is 4.69. The van der Waals surface area contributed by atoms with Gasteiger partial charge in [-0.15, -0.1) is 11.3 Å². The molecule has 0 spiro atoms. The first-order valence-electron chi connectivity index (χ1n) is 6.25. The average molecular weight is 274 g/mol. The second kappa shape index (κ2) is 5.89. The van der Waals surface area contributed by atoms with E-state index in [0.29, 0.717) is 17.3 Å². The van der Waals surface area contributed by atoms with Gasteiger partial charge in [-0.2, -0.15) is 0 Å². The first kappa shape index (κ1) is 13.6. The van der Waals surface area contributed by atoms with Crippen LogP contribution >= 0.6 is 11.3 Å². The van der Waals surface area contributed by atoms with Gasteiger partial charge in [0, 0.05) is 34.3 Å². The maximum absolute atomic E-state index is 11.5. The van der Waals surface area contributed by atoms with Crippen LogP contribution < -0.4 is 11.1 Å². The van der Waals surface area contributed by atoms with E-state index in [1.807, 2.05) is 12.1 Å². The summed E-state index contributed by atoms with van der Waals surface area (Å²) in [4.78, 5) is 12.8. The quantitative estimate of drug-likeness (QED) is 0.647. The molecule has 19 heavy (non-hydrogen) atoms. The van der Waals surface area contributed by atoms with Crippen molar-refractivity contribution in [3.05, 3.63) is 46.2 Å². The van der Waals surface area contributed by atoms with Crippen LogP contribution in [0.25, 0.3) is 0 Å². The number of hydrogen-bond donors (Lipinski definition) is 2. The molecular formula is C15H18N2OS. The Bertz CT molecular complexity index is 564. The number of nitrogens with two attached hydrogens (primary N) is 1. The highest BCUT2D eigenvalue weighted by atomic mass is 32.1. The zero-order valence-electron chi connectivity index (χ0n) is 11.1. The maximum Gasteiger partial charge on any atom is 0.161 e. The van der Waals surface area contributed by atoms with Crippen molar-refractivity contribution in [1.29, 1.82) is 0 Å². The van der Waals surface area contributed by atoms with Gasteiger partial charge in [0.1, 0.15) is 0 Å². The van der Waals surface area contributed by atoms with Crippen molar-refractivity contribution in [3.63, 3.8) is 0 Å². The molecule has 4 heteroatoms. The molecule has 1 aromatic heterocycles. The Labute approximate surface area is 117 Å². The van der Waals surface area contributed by atoms with Gasteiger partial charge < -0.3 is 11.1 Å². The molecule has 3 nitrogen and oxygen atoms in total. The van der Waals surface area contributed by atoms with Gasteiger partial charge in [-0.25, -0.2) is 0 Å². The van der Waals surface area contributed by atoms with Crippen molar-refractivity contribution in [1.82, 2.24) is 0 Å². The van der Waals surface area contributed by atoms with Gasteiger partial charge >= 0.3 is 0 Å². The van der Waals surface area contributed by atoms with E-state index in [4.69, 9.17) is 5.73 Å². The number of carbonyl (C=O) groups is 1. The normalized spacial score (nSPS) is 12.1. The maximum atomic E-state index is 11.5. The summed E-state index contributed by atoms with van der Waals surface area (Å²) in [5, 5.41) is 5.48. The third-order valence-electron chi connectivity index (χ3n) is 2.93. The highest BCUT2D eigenvalue weighted by molar-refractivity contribution is 7.09. The second-order valence-corrected chi connectivity index (χ2v) is 5.72. The van der Waals surface area contributed by atoms with Crippen LogP contribution in [0.4, 0.5) is 11.4 Å². The number of ketones is 1. The SMILES string of the molecule is CC(=O)c1cc(NC(C)Cc2cccs2)ccc1N. The van der Waals surface area contributed by atoms with Crippen LogP contribution in [0, 0.1) is 0 Å². The lowest BCUT2D eigenvalue weighted by Crippen LogP contribution is -2.17. The first-order valence-corrected chi connectivity index (χ1v) is 7.13. The minimum absolute atomic E-state index is 0.00735. The predicted octanol–water partition coefficient (Wildman–Crippen LogP) is 3.58. The molecule has 0 fully saturated rings. The fourth-order valence-corrected chi connectivity index (χ4v) is 2.85. The largest absolute Gasteiger partial charge is 0.398 e. The van der Waals surface area contributed by atoms with Crippen LogP contribution in [-0.4, -0.2) is 11.8 Å².